The second kappa shape index (κ2) is 8.43. The maximum Gasteiger partial charge on any atom is 0.264 e. The monoisotopic (exact) mass is 390 g/mol. The van der Waals surface area contributed by atoms with Gasteiger partial charge in [-0.05, 0) is 50.1 Å². The lowest BCUT2D eigenvalue weighted by Crippen LogP contribution is -2.35. The average Bonchev–Trinajstić information content (AvgIpc) is 3.27. The van der Waals surface area contributed by atoms with Crippen molar-refractivity contribution in [3.63, 3.8) is 0 Å². The summed E-state index contributed by atoms with van der Waals surface area (Å²) in [7, 11) is 1.62. The van der Waals surface area contributed by atoms with Crippen LogP contribution in [0, 0.1) is 13.8 Å². The number of nitrogens with one attached hydrogen (secondary N) is 1. The third-order valence-corrected chi connectivity index (χ3v) is 5.07. The van der Waals surface area contributed by atoms with E-state index in [2.05, 4.69) is 15.6 Å². The van der Waals surface area contributed by atoms with Crippen LogP contribution in [-0.4, -0.2) is 41.2 Å². The molecule has 1 amide bonds. The van der Waals surface area contributed by atoms with Crippen molar-refractivity contribution in [1.29, 1.82) is 0 Å². The summed E-state index contributed by atoms with van der Waals surface area (Å²) in [5.41, 5.74) is 3.44. The van der Waals surface area contributed by atoms with E-state index < -0.39 is 6.10 Å². The normalized spacial score (nSPS) is 16.0. The van der Waals surface area contributed by atoms with Gasteiger partial charge in [0.2, 0.25) is 6.10 Å². The van der Waals surface area contributed by atoms with Crippen molar-refractivity contribution in [3.8, 4) is 5.75 Å². The van der Waals surface area contributed by atoms with Crippen molar-refractivity contribution < 1.29 is 14.4 Å². The Bertz CT molecular complexity index is 845. The third-order valence-electron chi connectivity index (χ3n) is 4.52. The molecule has 1 aliphatic rings. The van der Waals surface area contributed by atoms with E-state index in [9.17, 15) is 4.79 Å². The molecule has 1 aromatic carbocycles. The first kappa shape index (κ1) is 19.2. The van der Waals surface area contributed by atoms with Crippen LogP contribution in [0.3, 0.4) is 0 Å². The van der Waals surface area contributed by atoms with Crippen LogP contribution < -0.4 is 10.1 Å². The van der Waals surface area contributed by atoms with Crippen molar-refractivity contribution in [1.82, 2.24) is 15.1 Å². The molecule has 2 heterocycles. The van der Waals surface area contributed by atoms with Gasteiger partial charge in [-0.15, -0.1) is 0 Å². The van der Waals surface area contributed by atoms with Gasteiger partial charge < -0.3 is 14.9 Å². The molecule has 1 atom stereocenters. The fraction of sp³-hybridized carbons (Fsp3) is 0.421. The molecular weight excluding hydrogens is 368 g/mol. The Hall–Kier alpha value is -2.54. The summed E-state index contributed by atoms with van der Waals surface area (Å²) in [6.45, 7) is 5.04. The van der Waals surface area contributed by atoms with Gasteiger partial charge in [-0.25, -0.2) is 0 Å². The van der Waals surface area contributed by atoms with Crippen LogP contribution in [0.5, 0.6) is 5.75 Å². The number of carbonyl (C=O) groups is 1. The zero-order valence-corrected chi connectivity index (χ0v) is 16.4. The number of oxime groups is 1. The Morgan fingerprint density at radius 2 is 2.11 bits per heavy atom. The van der Waals surface area contributed by atoms with Gasteiger partial charge in [0.05, 0.1) is 29.2 Å². The zero-order valence-electron chi connectivity index (χ0n) is 15.7. The fourth-order valence-electron chi connectivity index (χ4n) is 2.92. The van der Waals surface area contributed by atoms with Gasteiger partial charge in [0.1, 0.15) is 5.75 Å². The van der Waals surface area contributed by atoms with Crippen LogP contribution in [-0.2, 0) is 16.2 Å². The molecule has 0 fully saturated rings. The van der Waals surface area contributed by atoms with Gasteiger partial charge in [0.25, 0.3) is 5.91 Å². The highest BCUT2D eigenvalue weighted by atomic mass is 35.5. The van der Waals surface area contributed by atoms with E-state index in [1.54, 1.807) is 7.11 Å². The minimum atomic E-state index is -0.592. The van der Waals surface area contributed by atoms with Crippen LogP contribution in [0.1, 0.15) is 29.8 Å². The molecule has 8 heteroatoms. The summed E-state index contributed by atoms with van der Waals surface area (Å²) in [5.74, 6) is 0.616. The molecule has 2 aromatic rings. The van der Waals surface area contributed by atoms with Crippen LogP contribution in [0.15, 0.2) is 29.4 Å². The molecule has 1 unspecified atom stereocenters. The van der Waals surface area contributed by atoms with E-state index in [4.69, 9.17) is 21.2 Å². The Labute approximate surface area is 163 Å². The topological polar surface area (TPSA) is 77.7 Å². The maximum atomic E-state index is 12.3. The largest absolute Gasteiger partial charge is 0.497 e. The Kier molecular flexibility index (Phi) is 6.01. The predicted octanol–water partition coefficient (Wildman–Crippen LogP) is 2.86. The molecule has 0 spiro atoms. The molecule has 0 saturated heterocycles. The van der Waals surface area contributed by atoms with Crippen molar-refractivity contribution in [3.05, 3.63) is 46.2 Å². The van der Waals surface area contributed by atoms with Crippen molar-refractivity contribution in [2.45, 2.75) is 39.3 Å². The number of amides is 1. The predicted molar refractivity (Wildman–Crippen MR) is 103 cm³/mol. The number of aryl methyl sites for hydroxylation is 2. The molecule has 0 bridgehead atoms. The summed E-state index contributed by atoms with van der Waals surface area (Å²) in [5, 5.41) is 12.0. The summed E-state index contributed by atoms with van der Waals surface area (Å²) in [6.07, 6.45) is 0.610. The number of nitrogens with zero attached hydrogens (tertiary/aromatic N) is 3. The van der Waals surface area contributed by atoms with Crippen LogP contribution >= 0.6 is 11.6 Å². The molecule has 1 N–H and O–H groups in total. The number of hydrogen-bond donors (Lipinski definition) is 1. The Morgan fingerprint density at radius 3 is 2.74 bits per heavy atom. The van der Waals surface area contributed by atoms with Gasteiger partial charge in [0.15, 0.2) is 0 Å². The number of hydrogen-bond acceptors (Lipinski definition) is 5. The van der Waals surface area contributed by atoms with Crippen LogP contribution in [0.4, 0.5) is 0 Å². The minimum Gasteiger partial charge on any atom is -0.497 e. The lowest BCUT2D eigenvalue weighted by Gasteiger charge is -2.10. The molecule has 1 aliphatic heterocycles. The van der Waals surface area contributed by atoms with Gasteiger partial charge in [-0.1, -0.05) is 16.8 Å². The summed E-state index contributed by atoms with van der Waals surface area (Å²) in [6, 6.07) is 7.52. The molecule has 3 rings (SSSR count). The van der Waals surface area contributed by atoms with Gasteiger partial charge in [0, 0.05) is 19.5 Å². The first-order valence-corrected chi connectivity index (χ1v) is 9.21. The van der Waals surface area contributed by atoms with Crippen molar-refractivity contribution in [2.75, 3.05) is 13.7 Å². The Balaban J connectivity index is 1.43. The molecule has 0 aliphatic carbocycles. The number of carbonyl (C=O) groups excluding carboxylic acids is 1. The molecule has 7 nitrogen and oxygen atoms in total. The standard InChI is InChI=1S/C19H23ClN4O3/c1-12-18(20)13(2)24(22-12)10-4-9-21-19(25)17-11-16(23-27-17)14-5-7-15(26-3)8-6-14/h5-8,17H,4,9-11H2,1-3H3,(H,21,25). The molecule has 1 aromatic heterocycles. The van der Waals surface area contributed by atoms with Crippen molar-refractivity contribution in [2.24, 2.45) is 5.16 Å². The summed E-state index contributed by atoms with van der Waals surface area (Å²) < 4.78 is 7.01. The second-order valence-electron chi connectivity index (χ2n) is 6.42. The van der Waals surface area contributed by atoms with Gasteiger partial charge in [-0.2, -0.15) is 5.10 Å². The first-order chi connectivity index (χ1) is 13.0. The quantitative estimate of drug-likeness (QED) is 0.737. The Morgan fingerprint density at radius 1 is 1.37 bits per heavy atom. The number of rotatable bonds is 7. The smallest absolute Gasteiger partial charge is 0.264 e. The fourth-order valence-corrected chi connectivity index (χ4v) is 3.05. The molecule has 27 heavy (non-hydrogen) atoms. The zero-order chi connectivity index (χ0) is 19.4. The number of aromatic nitrogens is 2. The highest BCUT2D eigenvalue weighted by Gasteiger charge is 2.28. The van der Waals surface area contributed by atoms with E-state index >= 15 is 0 Å². The first-order valence-electron chi connectivity index (χ1n) is 8.84. The average molecular weight is 391 g/mol. The lowest BCUT2D eigenvalue weighted by molar-refractivity contribution is -0.131. The van der Waals surface area contributed by atoms with E-state index in [1.807, 2.05) is 42.8 Å². The van der Waals surface area contributed by atoms with Gasteiger partial charge in [-0.3, -0.25) is 9.48 Å². The number of halogens is 1. The van der Waals surface area contributed by atoms with Crippen LogP contribution in [0.25, 0.3) is 0 Å². The van der Waals surface area contributed by atoms with E-state index in [1.165, 1.54) is 0 Å². The van der Waals surface area contributed by atoms with Crippen LogP contribution in [0.2, 0.25) is 5.02 Å². The highest BCUT2D eigenvalue weighted by Crippen LogP contribution is 2.20. The molecule has 0 saturated carbocycles. The van der Waals surface area contributed by atoms with Crippen molar-refractivity contribution >= 4 is 23.2 Å². The lowest BCUT2D eigenvalue weighted by atomic mass is 10.0. The van der Waals surface area contributed by atoms with E-state index in [0.717, 1.165) is 34.8 Å². The summed E-state index contributed by atoms with van der Waals surface area (Å²) in [4.78, 5) is 17.6. The third kappa shape index (κ3) is 4.42. The summed E-state index contributed by atoms with van der Waals surface area (Å²) >= 11 is 6.14. The number of ether oxygens (including phenoxy) is 1. The minimum absolute atomic E-state index is 0.159. The number of benzene rings is 1. The molecular formula is C19H23ClN4O3. The SMILES string of the molecule is COc1ccc(C2=NOC(C(=O)NCCCn3nc(C)c(Cl)c3C)C2)cc1. The van der Waals surface area contributed by atoms with E-state index in [-0.39, 0.29) is 5.91 Å². The van der Waals surface area contributed by atoms with Gasteiger partial charge >= 0.3 is 0 Å². The maximum absolute atomic E-state index is 12.3. The highest BCUT2D eigenvalue weighted by molar-refractivity contribution is 6.31. The number of methoxy groups -OCH3 is 1. The van der Waals surface area contributed by atoms with E-state index in [0.29, 0.717) is 24.5 Å². The second-order valence-corrected chi connectivity index (χ2v) is 6.80. The molecule has 0 radical (unpaired) electrons. The molecule has 144 valence electrons.